The molecular formula is C10H17NO2S. The van der Waals surface area contributed by atoms with Crippen LogP contribution in [0.2, 0.25) is 0 Å². The minimum absolute atomic E-state index is 0.409. The third-order valence-electron chi connectivity index (χ3n) is 2.58. The van der Waals surface area contributed by atoms with Crippen LogP contribution in [0.25, 0.3) is 0 Å². The predicted octanol–water partition coefficient (Wildman–Crippen LogP) is 1.50. The summed E-state index contributed by atoms with van der Waals surface area (Å²) >= 11 is 1.90. The molecule has 14 heavy (non-hydrogen) atoms. The Morgan fingerprint density at radius 3 is 2.71 bits per heavy atom. The summed E-state index contributed by atoms with van der Waals surface area (Å²) in [6.45, 7) is 3.25. The lowest BCUT2D eigenvalue weighted by Gasteiger charge is -2.11. The SMILES string of the molecule is CSC1(CNC/C=C(/C)C(=O)O)CC1. The van der Waals surface area contributed by atoms with Crippen LogP contribution in [-0.2, 0) is 4.79 Å². The van der Waals surface area contributed by atoms with E-state index in [1.807, 2.05) is 11.8 Å². The van der Waals surface area contributed by atoms with Crippen molar-refractivity contribution in [3.63, 3.8) is 0 Å². The zero-order valence-electron chi connectivity index (χ0n) is 8.67. The van der Waals surface area contributed by atoms with Gasteiger partial charge in [0.1, 0.15) is 0 Å². The van der Waals surface area contributed by atoms with Gasteiger partial charge in [-0.05, 0) is 26.0 Å². The first-order valence-corrected chi connectivity index (χ1v) is 5.98. The smallest absolute Gasteiger partial charge is 0.330 e. The summed E-state index contributed by atoms with van der Waals surface area (Å²) in [6.07, 6.45) is 6.41. The molecule has 0 amide bonds. The fourth-order valence-electron chi connectivity index (χ4n) is 1.21. The zero-order chi connectivity index (χ0) is 10.6. The summed E-state index contributed by atoms with van der Waals surface area (Å²) in [5, 5.41) is 11.9. The highest BCUT2D eigenvalue weighted by atomic mass is 32.2. The maximum Gasteiger partial charge on any atom is 0.330 e. The van der Waals surface area contributed by atoms with E-state index >= 15 is 0 Å². The highest BCUT2D eigenvalue weighted by molar-refractivity contribution is 8.00. The molecule has 1 rings (SSSR count). The molecule has 4 heteroatoms. The Hall–Kier alpha value is -0.480. The van der Waals surface area contributed by atoms with Crippen LogP contribution >= 0.6 is 11.8 Å². The van der Waals surface area contributed by atoms with E-state index in [0.717, 1.165) is 6.54 Å². The first kappa shape index (κ1) is 11.6. The van der Waals surface area contributed by atoms with Crippen molar-refractivity contribution in [2.75, 3.05) is 19.3 Å². The van der Waals surface area contributed by atoms with Crippen LogP contribution in [0.3, 0.4) is 0 Å². The first-order valence-electron chi connectivity index (χ1n) is 4.75. The summed E-state index contributed by atoms with van der Waals surface area (Å²) in [4.78, 5) is 10.5. The Bertz CT molecular complexity index is 247. The van der Waals surface area contributed by atoms with Crippen molar-refractivity contribution in [3.8, 4) is 0 Å². The van der Waals surface area contributed by atoms with Gasteiger partial charge in [-0.15, -0.1) is 0 Å². The van der Waals surface area contributed by atoms with Gasteiger partial charge in [0.25, 0.3) is 0 Å². The normalized spacial score (nSPS) is 19.4. The minimum Gasteiger partial charge on any atom is -0.478 e. The standard InChI is InChI=1S/C10H17NO2S/c1-8(9(12)13)3-6-11-7-10(14-2)4-5-10/h3,11H,4-7H2,1-2H3,(H,12,13)/b8-3-. The van der Waals surface area contributed by atoms with Crippen LogP contribution in [0.5, 0.6) is 0 Å². The van der Waals surface area contributed by atoms with Crippen LogP contribution < -0.4 is 5.32 Å². The van der Waals surface area contributed by atoms with Crippen molar-refractivity contribution >= 4 is 17.7 Å². The van der Waals surface area contributed by atoms with Gasteiger partial charge >= 0.3 is 5.97 Å². The molecule has 0 aromatic heterocycles. The Kier molecular flexibility index (Phi) is 4.01. The molecule has 0 bridgehead atoms. The Labute approximate surface area is 89.0 Å². The van der Waals surface area contributed by atoms with Gasteiger partial charge in [-0.2, -0.15) is 11.8 Å². The molecule has 0 saturated heterocycles. The number of carbonyl (C=O) groups is 1. The van der Waals surface area contributed by atoms with E-state index in [1.165, 1.54) is 12.8 Å². The van der Waals surface area contributed by atoms with Crippen molar-refractivity contribution in [3.05, 3.63) is 11.6 Å². The number of carboxylic acids is 1. The highest BCUT2D eigenvalue weighted by Gasteiger charge is 2.41. The minimum atomic E-state index is -0.835. The van der Waals surface area contributed by atoms with Crippen molar-refractivity contribution < 1.29 is 9.90 Å². The summed E-state index contributed by atoms with van der Waals surface area (Å²) in [5.74, 6) is -0.835. The van der Waals surface area contributed by atoms with Gasteiger partial charge in [-0.3, -0.25) is 0 Å². The molecule has 0 aromatic carbocycles. The van der Waals surface area contributed by atoms with Crippen LogP contribution in [0.15, 0.2) is 11.6 Å². The molecule has 2 N–H and O–H groups in total. The molecule has 0 atom stereocenters. The molecule has 1 aliphatic rings. The summed E-state index contributed by atoms with van der Waals surface area (Å²) < 4.78 is 0.449. The molecule has 0 unspecified atom stereocenters. The maximum atomic E-state index is 10.5. The summed E-state index contributed by atoms with van der Waals surface area (Å²) in [5.41, 5.74) is 0.409. The third kappa shape index (κ3) is 3.35. The lowest BCUT2D eigenvalue weighted by atomic mass is 10.3. The molecule has 1 fully saturated rings. The van der Waals surface area contributed by atoms with Crippen LogP contribution in [0, 0.1) is 0 Å². The van der Waals surface area contributed by atoms with Gasteiger partial charge in [0, 0.05) is 23.4 Å². The second-order valence-corrected chi connectivity index (χ2v) is 4.98. The molecule has 1 saturated carbocycles. The predicted molar refractivity (Wildman–Crippen MR) is 59.7 cm³/mol. The molecule has 0 aromatic rings. The van der Waals surface area contributed by atoms with E-state index in [4.69, 9.17) is 5.11 Å². The number of rotatable bonds is 6. The van der Waals surface area contributed by atoms with Gasteiger partial charge in [0.2, 0.25) is 0 Å². The number of carboxylic acid groups (broad SMARTS) is 1. The van der Waals surface area contributed by atoms with Crippen LogP contribution in [-0.4, -0.2) is 35.2 Å². The topological polar surface area (TPSA) is 49.3 Å². The Balaban J connectivity index is 2.16. The van der Waals surface area contributed by atoms with Gasteiger partial charge < -0.3 is 10.4 Å². The van der Waals surface area contributed by atoms with Crippen molar-refractivity contribution in [2.45, 2.75) is 24.5 Å². The van der Waals surface area contributed by atoms with Crippen LogP contribution in [0.1, 0.15) is 19.8 Å². The zero-order valence-corrected chi connectivity index (χ0v) is 9.49. The molecule has 3 nitrogen and oxygen atoms in total. The summed E-state index contributed by atoms with van der Waals surface area (Å²) in [7, 11) is 0. The molecule has 0 spiro atoms. The second-order valence-electron chi connectivity index (χ2n) is 3.71. The quantitative estimate of drug-likeness (QED) is 0.521. The molecule has 1 aliphatic carbocycles. The fourth-order valence-corrected chi connectivity index (χ4v) is 1.96. The molecule has 0 radical (unpaired) electrons. The number of hydrogen-bond acceptors (Lipinski definition) is 3. The largest absolute Gasteiger partial charge is 0.478 e. The number of aliphatic carboxylic acids is 1. The lowest BCUT2D eigenvalue weighted by molar-refractivity contribution is -0.132. The maximum absolute atomic E-state index is 10.5. The number of thioether (sulfide) groups is 1. The lowest BCUT2D eigenvalue weighted by Crippen LogP contribution is -2.26. The second kappa shape index (κ2) is 4.84. The number of hydrogen-bond donors (Lipinski definition) is 2. The van der Waals surface area contributed by atoms with Crippen molar-refractivity contribution in [2.24, 2.45) is 0 Å². The third-order valence-corrected chi connectivity index (χ3v) is 4.00. The van der Waals surface area contributed by atoms with E-state index < -0.39 is 5.97 Å². The van der Waals surface area contributed by atoms with E-state index in [-0.39, 0.29) is 0 Å². The molecule has 0 aliphatic heterocycles. The Morgan fingerprint density at radius 2 is 2.29 bits per heavy atom. The fraction of sp³-hybridized carbons (Fsp3) is 0.700. The van der Waals surface area contributed by atoms with Crippen LogP contribution in [0.4, 0.5) is 0 Å². The van der Waals surface area contributed by atoms with E-state index in [0.29, 0.717) is 16.9 Å². The van der Waals surface area contributed by atoms with Crippen molar-refractivity contribution in [1.29, 1.82) is 0 Å². The van der Waals surface area contributed by atoms with E-state index in [9.17, 15) is 4.79 Å². The monoisotopic (exact) mass is 215 g/mol. The van der Waals surface area contributed by atoms with Crippen molar-refractivity contribution in [1.82, 2.24) is 5.32 Å². The highest BCUT2D eigenvalue weighted by Crippen LogP contribution is 2.46. The molecule has 80 valence electrons. The average Bonchev–Trinajstić information content (AvgIpc) is 2.93. The van der Waals surface area contributed by atoms with E-state index in [2.05, 4.69) is 11.6 Å². The number of nitrogens with one attached hydrogen (secondary N) is 1. The molecular weight excluding hydrogens is 198 g/mol. The van der Waals surface area contributed by atoms with Gasteiger partial charge in [-0.1, -0.05) is 6.08 Å². The summed E-state index contributed by atoms with van der Waals surface area (Å²) in [6, 6.07) is 0. The van der Waals surface area contributed by atoms with Gasteiger partial charge in [0.15, 0.2) is 0 Å². The first-order chi connectivity index (χ1) is 6.59. The Morgan fingerprint density at radius 1 is 1.64 bits per heavy atom. The average molecular weight is 215 g/mol. The van der Waals surface area contributed by atoms with E-state index in [1.54, 1.807) is 13.0 Å². The van der Waals surface area contributed by atoms with Gasteiger partial charge in [-0.25, -0.2) is 4.79 Å². The molecule has 0 heterocycles. The van der Waals surface area contributed by atoms with Gasteiger partial charge in [0.05, 0.1) is 0 Å².